The van der Waals surface area contributed by atoms with Gasteiger partial charge in [0, 0.05) is 37.0 Å². The molecule has 0 spiro atoms. The van der Waals surface area contributed by atoms with Gasteiger partial charge in [-0.15, -0.1) is 0 Å². The van der Waals surface area contributed by atoms with Crippen LogP contribution in [0, 0.1) is 0 Å². The summed E-state index contributed by atoms with van der Waals surface area (Å²) in [5.74, 6) is 1.43. The van der Waals surface area contributed by atoms with Crippen molar-refractivity contribution in [2.75, 3.05) is 18.0 Å². The molecule has 0 amide bonds. The summed E-state index contributed by atoms with van der Waals surface area (Å²) >= 11 is 0. The lowest BCUT2D eigenvalue weighted by molar-refractivity contribution is -0.137. The van der Waals surface area contributed by atoms with Crippen LogP contribution in [0.25, 0.3) is 16.6 Å². The van der Waals surface area contributed by atoms with Crippen molar-refractivity contribution in [3.8, 4) is 0 Å². The van der Waals surface area contributed by atoms with E-state index in [0.717, 1.165) is 42.3 Å². The number of aromatic amines is 1. The Balaban J connectivity index is 1.30. The first-order valence-corrected chi connectivity index (χ1v) is 10.5. The van der Waals surface area contributed by atoms with E-state index in [1.54, 1.807) is 0 Å². The van der Waals surface area contributed by atoms with Crippen molar-refractivity contribution in [2.24, 2.45) is 0 Å². The monoisotopic (exact) mass is 425 g/mol. The minimum absolute atomic E-state index is 0.0148. The van der Waals surface area contributed by atoms with E-state index >= 15 is 0 Å². The number of aromatic nitrogens is 4. The van der Waals surface area contributed by atoms with E-state index < -0.39 is 11.7 Å². The fourth-order valence-corrected chi connectivity index (χ4v) is 4.15. The maximum atomic E-state index is 12.9. The Kier molecular flexibility index (Phi) is 5.00. The lowest BCUT2D eigenvalue weighted by Gasteiger charge is -2.26. The van der Waals surface area contributed by atoms with E-state index in [1.807, 2.05) is 24.5 Å². The summed E-state index contributed by atoms with van der Waals surface area (Å²) in [6.45, 7) is 2.01. The molecule has 1 fully saturated rings. The molecule has 1 aromatic carbocycles. The first-order chi connectivity index (χ1) is 15.0. The van der Waals surface area contributed by atoms with Gasteiger partial charge in [-0.25, -0.2) is 15.0 Å². The van der Waals surface area contributed by atoms with Crippen molar-refractivity contribution in [2.45, 2.75) is 37.8 Å². The van der Waals surface area contributed by atoms with Gasteiger partial charge >= 0.3 is 6.18 Å². The molecule has 0 radical (unpaired) electrons. The summed E-state index contributed by atoms with van der Waals surface area (Å²) in [7, 11) is 0. The van der Waals surface area contributed by atoms with Crippen LogP contribution in [-0.2, 0) is 6.18 Å². The SMILES string of the molecule is FC(F)(F)c1ccc2nc(C3C=CC(c4cnc(N5CCCCC5)nc4)=CC3)[nH]c2c1. The number of nitrogens with one attached hydrogen (secondary N) is 1. The van der Waals surface area contributed by atoms with Gasteiger partial charge in [0.05, 0.1) is 16.6 Å². The maximum absolute atomic E-state index is 12.9. The molecule has 5 nitrogen and oxygen atoms in total. The summed E-state index contributed by atoms with van der Waals surface area (Å²) in [6, 6.07) is 3.59. The lowest BCUT2D eigenvalue weighted by atomic mass is 9.94. The Morgan fingerprint density at radius 1 is 1.03 bits per heavy atom. The molecule has 1 atom stereocenters. The molecule has 2 aromatic heterocycles. The van der Waals surface area contributed by atoms with Crippen LogP contribution >= 0.6 is 0 Å². The first-order valence-electron chi connectivity index (χ1n) is 10.5. The molecule has 0 saturated carbocycles. The normalized spacial score (nSPS) is 19.6. The van der Waals surface area contributed by atoms with E-state index in [-0.39, 0.29) is 5.92 Å². The van der Waals surface area contributed by atoms with Crippen molar-refractivity contribution in [3.05, 3.63) is 65.8 Å². The van der Waals surface area contributed by atoms with Gasteiger partial charge in [-0.05, 0) is 49.5 Å². The topological polar surface area (TPSA) is 57.7 Å². The van der Waals surface area contributed by atoms with E-state index in [1.165, 1.54) is 25.3 Å². The molecule has 3 aromatic rings. The van der Waals surface area contributed by atoms with Crippen LogP contribution in [0.5, 0.6) is 0 Å². The maximum Gasteiger partial charge on any atom is 0.416 e. The van der Waals surface area contributed by atoms with E-state index in [2.05, 4.69) is 30.9 Å². The molecule has 8 heteroatoms. The van der Waals surface area contributed by atoms with Crippen LogP contribution in [0.2, 0.25) is 0 Å². The molecule has 31 heavy (non-hydrogen) atoms. The Bertz CT molecular complexity index is 1140. The first kappa shape index (κ1) is 19.8. The standard InChI is InChI=1S/C23H22F3N5/c24-23(25,26)18-8-9-19-20(12-18)30-21(29-19)16-6-4-15(5-7-16)17-13-27-22(28-14-17)31-10-2-1-3-11-31/h4-6,8-9,12-14,16H,1-3,7,10-11H2,(H,29,30). The van der Waals surface area contributed by atoms with E-state index in [4.69, 9.17) is 0 Å². The average molecular weight is 425 g/mol. The van der Waals surface area contributed by atoms with Crippen LogP contribution in [-0.4, -0.2) is 33.0 Å². The van der Waals surface area contributed by atoms with Gasteiger partial charge in [-0.3, -0.25) is 0 Å². The summed E-state index contributed by atoms with van der Waals surface area (Å²) in [4.78, 5) is 18.8. The fraction of sp³-hybridized carbons (Fsp3) is 0.348. The summed E-state index contributed by atoms with van der Waals surface area (Å²) < 4.78 is 38.8. The summed E-state index contributed by atoms with van der Waals surface area (Å²) in [6.07, 6.45) is 9.79. The summed E-state index contributed by atoms with van der Waals surface area (Å²) in [5, 5.41) is 0. The number of halogens is 3. The highest BCUT2D eigenvalue weighted by atomic mass is 19.4. The fourth-order valence-electron chi connectivity index (χ4n) is 4.15. The predicted molar refractivity (Wildman–Crippen MR) is 114 cm³/mol. The molecule has 1 unspecified atom stereocenters. The Morgan fingerprint density at radius 2 is 1.81 bits per heavy atom. The summed E-state index contributed by atoms with van der Waals surface area (Å²) in [5.41, 5.74) is 2.25. The number of alkyl halides is 3. The van der Waals surface area contributed by atoms with Crippen molar-refractivity contribution in [3.63, 3.8) is 0 Å². The zero-order valence-corrected chi connectivity index (χ0v) is 16.9. The minimum Gasteiger partial charge on any atom is -0.341 e. The molecular formula is C23H22F3N5. The average Bonchev–Trinajstić information content (AvgIpc) is 3.23. The van der Waals surface area contributed by atoms with Crippen molar-refractivity contribution < 1.29 is 13.2 Å². The van der Waals surface area contributed by atoms with Gasteiger partial charge in [0.2, 0.25) is 5.95 Å². The number of piperidine rings is 1. The smallest absolute Gasteiger partial charge is 0.341 e. The number of hydrogen-bond acceptors (Lipinski definition) is 4. The lowest BCUT2D eigenvalue weighted by Crippen LogP contribution is -2.30. The van der Waals surface area contributed by atoms with Gasteiger partial charge in [-0.2, -0.15) is 13.2 Å². The van der Waals surface area contributed by atoms with Gasteiger partial charge in [-0.1, -0.05) is 18.2 Å². The van der Waals surface area contributed by atoms with E-state index in [0.29, 0.717) is 23.3 Å². The third-order valence-corrected chi connectivity index (χ3v) is 5.89. The van der Waals surface area contributed by atoms with Crippen molar-refractivity contribution in [1.29, 1.82) is 0 Å². The van der Waals surface area contributed by atoms with Crippen LogP contribution in [0.4, 0.5) is 19.1 Å². The van der Waals surface area contributed by atoms with Gasteiger partial charge < -0.3 is 9.88 Å². The number of benzene rings is 1. The highest BCUT2D eigenvalue weighted by molar-refractivity contribution is 5.77. The van der Waals surface area contributed by atoms with Crippen molar-refractivity contribution >= 4 is 22.6 Å². The Hall–Kier alpha value is -3.16. The number of fused-ring (bicyclic) bond motifs is 1. The molecule has 0 bridgehead atoms. The number of allylic oxidation sites excluding steroid dienone is 4. The van der Waals surface area contributed by atoms with Crippen LogP contribution in [0.15, 0.2) is 48.8 Å². The molecule has 1 aliphatic carbocycles. The molecule has 1 aliphatic heterocycles. The number of H-pyrrole nitrogens is 1. The second kappa shape index (κ2) is 7.83. The molecule has 160 valence electrons. The van der Waals surface area contributed by atoms with Crippen molar-refractivity contribution in [1.82, 2.24) is 19.9 Å². The van der Waals surface area contributed by atoms with Crippen LogP contribution in [0.3, 0.4) is 0 Å². The highest BCUT2D eigenvalue weighted by Crippen LogP contribution is 2.33. The second-order valence-electron chi connectivity index (χ2n) is 8.03. The third-order valence-electron chi connectivity index (χ3n) is 5.89. The largest absolute Gasteiger partial charge is 0.416 e. The zero-order valence-electron chi connectivity index (χ0n) is 16.9. The van der Waals surface area contributed by atoms with Crippen LogP contribution < -0.4 is 4.90 Å². The van der Waals surface area contributed by atoms with Crippen LogP contribution in [0.1, 0.15) is 48.6 Å². The highest BCUT2D eigenvalue weighted by Gasteiger charge is 2.31. The quantitative estimate of drug-likeness (QED) is 0.603. The number of imidazole rings is 1. The predicted octanol–water partition coefficient (Wildman–Crippen LogP) is 5.49. The molecule has 1 saturated heterocycles. The van der Waals surface area contributed by atoms with Gasteiger partial charge in [0.25, 0.3) is 0 Å². The second-order valence-corrected chi connectivity index (χ2v) is 8.03. The Labute approximate surface area is 177 Å². The number of rotatable bonds is 3. The van der Waals surface area contributed by atoms with Gasteiger partial charge in [0.15, 0.2) is 0 Å². The van der Waals surface area contributed by atoms with Gasteiger partial charge in [0.1, 0.15) is 5.82 Å². The molecule has 5 rings (SSSR count). The minimum atomic E-state index is -4.37. The molecule has 1 N–H and O–H groups in total. The zero-order chi connectivity index (χ0) is 21.4. The van der Waals surface area contributed by atoms with E-state index in [9.17, 15) is 13.2 Å². The third kappa shape index (κ3) is 4.06. The Morgan fingerprint density at radius 3 is 2.48 bits per heavy atom. The molecule has 2 aliphatic rings. The number of nitrogens with zero attached hydrogens (tertiary/aromatic N) is 4. The number of anilines is 1. The molecular weight excluding hydrogens is 403 g/mol. The molecule has 3 heterocycles. The number of hydrogen-bond donors (Lipinski definition) is 1.